The lowest BCUT2D eigenvalue weighted by molar-refractivity contribution is -0.145. The van der Waals surface area contributed by atoms with Gasteiger partial charge in [0.2, 0.25) is 5.91 Å². The summed E-state index contributed by atoms with van der Waals surface area (Å²) in [5.41, 5.74) is 3.25. The van der Waals surface area contributed by atoms with E-state index in [0.717, 1.165) is 21.9 Å². The Morgan fingerprint density at radius 3 is 2.43 bits per heavy atom. The van der Waals surface area contributed by atoms with E-state index in [1.54, 1.807) is 13.2 Å². The Bertz CT molecular complexity index is 1180. The molecule has 7 nitrogen and oxygen atoms in total. The van der Waals surface area contributed by atoms with E-state index in [2.05, 4.69) is 5.32 Å². The number of ether oxygens (including phenoxy) is 1. The highest BCUT2D eigenvalue weighted by atomic mass is 16.5. The largest absolute Gasteiger partial charge is 0.467 e. The summed E-state index contributed by atoms with van der Waals surface area (Å²) in [6.45, 7) is 9.49. The molecule has 1 aromatic carbocycles. The fourth-order valence-corrected chi connectivity index (χ4v) is 3.76. The Kier molecular flexibility index (Phi) is 6.01. The predicted molar refractivity (Wildman–Crippen MR) is 114 cm³/mol. The summed E-state index contributed by atoms with van der Waals surface area (Å²) in [6.07, 6.45) is 1.93. The maximum Gasteiger partial charge on any atom is 0.340 e. The average Bonchev–Trinajstić information content (AvgIpc) is 3.06. The second-order valence-corrected chi connectivity index (χ2v) is 8.12. The van der Waals surface area contributed by atoms with E-state index in [1.165, 1.54) is 7.11 Å². The highest BCUT2D eigenvalue weighted by molar-refractivity contribution is 6.00. The number of esters is 1. The van der Waals surface area contributed by atoms with E-state index < -0.39 is 23.5 Å². The molecule has 0 saturated carbocycles. The third-order valence-electron chi connectivity index (χ3n) is 5.40. The molecule has 0 aliphatic rings. The van der Waals surface area contributed by atoms with Gasteiger partial charge in [0.25, 0.3) is 0 Å². The number of fused-ring (bicyclic) bond motifs is 2. The minimum atomic E-state index is -0.759. The van der Waals surface area contributed by atoms with Gasteiger partial charge in [-0.1, -0.05) is 13.8 Å². The van der Waals surface area contributed by atoms with Gasteiger partial charge in [0, 0.05) is 16.3 Å². The van der Waals surface area contributed by atoms with E-state index in [0.29, 0.717) is 23.2 Å². The molecule has 1 amide bonds. The molecule has 1 atom stereocenters. The SMILES string of the molecule is COC(=O)[C@@H](CC(C)C)NC(=O)Cc1c(C)c2cc3c(C)coc3c(C)c2oc1=O. The van der Waals surface area contributed by atoms with E-state index in [-0.39, 0.29) is 17.9 Å². The molecular weight excluding hydrogens is 386 g/mol. The van der Waals surface area contributed by atoms with Crippen LogP contribution in [0.1, 0.15) is 42.5 Å². The fraction of sp³-hybridized carbons (Fsp3) is 0.435. The first-order valence-electron chi connectivity index (χ1n) is 9.94. The molecule has 160 valence electrons. The molecule has 30 heavy (non-hydrogen) atoms. The normalized spacial score (nSPS) is 12.5. The van der Waals surface area contributed by atoms with Crippen LogP contribution >= 0.6 is 0 Å². The third-order valence-corrected chi connectivity index (χ3v) is 5.40. The zero-order valence-electron chi connectivity index (χ0n) is 18.2. The molecule has 3 rings (SSSR count). The first-order valence-corrected chi connectivity index (χ1v) is 9.94. The average molecular weight is 413 g/mol. The number of furan rings is 1. The molecule has 0 aliphatic carbocycles. The van der Waals surface area contributed by atoms with Crippen LogP contribution in [0, 0.1) is 26.7 Å². The number of carbonyl (C=O) groups excluding carboxylic acids is 2. The Morgan fingerprint density at radius 1 is 1.10 bits per heavy atom. The third kappa shape index (κ3) is 3.97. The monoisotopic (exact) mass is 413 g/mol. The van der Waals surface area contributed by atoms with Gasteiger partial charge in [0.05, 0.1) is 25.4 Å². The van der Waals surface area contributed by atoms with E-state index >= 15 is 0 Å². The number of hydrogen-bond donors (Lipinski definition) is 1. The van der Waals surface area contributed by atoms with Crippen molar-refractivity contribution in [3.63, 3.8) is 0 Å². The first kappa shape index (κ1) is 21.6. The zero-order valence-corrected chi connectivity index (χ0v) is 18.2. The molecule has 0 bridgehead atoms. The van der Waals surface area contributed by atoms with Gasteiger partial charge in [0.1, 0.15) is 17.2 Å². The van der Waals surface area contributed by atoms with Crippen LogP contribution in [-0.4, -0.2) is 25.0 Å². The highest BCUT2D eigenvalue weighted by Gasteiger charge is 2.24. The van der Waals surface area contributed by atoms with Crippen molar-refractivity contribution in [2.45, 2.75) is 53.5 Å². The number of benzene rings is 1. The van der Waals surface area contributed by atoms with Crippen molar-refractivity contribution in [2.75, 3.05) is 7.11 Å². The number of rotatable bonds is 6. The molecule has 2 heterocycles. The molecule has 1 N–H and O–H groups in total. The molecule has 0 spiro atoms. The minimum absolute atomic E-state index is 0.183. The second kappa shape index (κ2) is 8.34. The van der Waals surface area contributed by atoms with Gasteiger partial charge in [-0.15, -0.1) is 0 Å². The van der Waals surface area contributed by atoms with Crippen LogP contribution in [-0.2, 0) is 20.7 Å². The Hall–Kier alpha value is -3.09. The lowest BCUT2D eigenvalue weighted by atomic mass is 9.98. The predicted octanol–water partition coefficient (Wildman–Crippen LogP) is 3.71. The van der Waals surface area contributed by atoms with E-state index in [4.69, 9.17) is 13.6 Å². The fourth-order valence-electron chi connectivity index (χ4n) is 3.76. The minimum Gasteiger partial charge on any atom is -0.467 e. The molecule has 0 fully saturated rings. The van der Waals surface area contributed by atoms with Gasteiger partial charge in [-0.2, -0.15) is 0 Å². The lowest BCUT2D eigenvalue weighted by Crippen LogP contribution is -2.43. The van der Waals surface area contributed by atoms with Crippen LogP contribution < -0.4 is 10.9 Å². The van der Waals surface area contributed by atoms with Crippen LogP contribution in [0.3, 0.4) is 0 Å². The van der Waals surface area contributed by atoms with E-state index in [1.807, 2.05) is 33.8 Å². The summed E-state index contributed by atoms with van der Waals surface area (Å²) < 4.78 is 16.0. The highest BCUT2D eigenvalue weighted by Crippen LogP contribution is 2.32. The number of nitrogens with one attached hydrogen (secondary N) is 1. The van der Waals surface area contributed by atoms with Crippen molar-refractivity contribution >= 4 is 33.8 Å². The quantitative estimate of drug-likeness (QED) is 0.489. The van der Waals surface area contributed by atoms with Crippen molar-refractivity contribution in [3.8, 4) is 0 Å². The van der Waals surface area contributed by atoms with E-state index in [9.17, 15) is 14.4 Å². The van der Waals surface area contributed by atoms with Crippen molar-refractivity contribution in [3.05, 3.63) is 45.0 Å². The second-order valence-electron chi connectivity index (χ2n) is 8.12. The summed E-state index contributed by atoms with van der Waals surface area (Å²) in [5.74, 6) is -0.753. The topological polar surface area (TPSA) is 98.8 Å². The summed E-state index contributed by atoms with van der Waals surface area (Å²) >= 11 is 0. The van der Waals surface area contributed by atoms with Crippen LogP contribution in [0.15, 0.2) is 26.0 Å². The number of aryl methyl sites for hydroxylation is 3. The number of amides is 1. The van der Waals surface area contributed by atoms with Gasteiger partial charge in [0.15, 0.2) is 0 Å². The van der Waals surface area contributed by atoms with Crippen molar-refractivity contribution in [2.24, 2.45) is 5.92 Å². The van der Waals surface area contributed by atoms with Crippen LogP contribution in [0.2, 0.25) is 0 Å². The van der Waals surface area contributed by atoms with Crippen molar-refractivity contribution < 1.29 is 23.2 Å². The lowest BCUT2D eigenvalue weighted by Gasteiger charge is -2.18. The van der Waals surface area contributed by atoms with Crippen LogP contribution in [0.5, 0.6) is 0 Å². The number of hydrogen-bond acceptors (Lipinski definition) is 6. The maximum atomic E-state index is 12.7. The van der Waals surface area contributed by atoms with Gasteiger partial charge in [-0.05, 0) is 50.3 Å². The number of methoxy groups -OCH3 is 1. The molecular formula is C23H27NO6. The number of carbonyl (C=O) groups is 2. The molecule has 0 aliphatic heterocycles. The van der Waals surface area contributed by atoms with Gasteiger partial charge in [-0.25, -0.2) is 9.59 Å². The zero-order chi connectivity index (χ0) is 22.2. The van der Waals surface area contributed by atoms with Gasteiger partial charge in [-0.3, -0.25) is 4.79 Å². The molecule has 2 aromatic heterocycles. The van der Waals surface area contributed by atoms with Crippen molar-refractivity contribution in [1.82, 2.24) is 5.32 Å². The molecule has 0 radical (unpaired) electrons. The summed E-state index contributed by atoms with van der Waals surface area (Å²) in [7, 11) is 1.28. The molecule has 0 unspecified atom stereocenters. The van der Waals surface area contributed by atoms with Crippen molar-refractivity contribution in [1.29, 1.82) is 0 Å². The molecule has 0 saturated heterocycles. The molecule has 3 aromatic rings. The summed E-state index contributed by atoms with van der Waals surface area (Å²) in [5, 5.41) is 4.39. The van der Waals surface area contributed by atoms with Gasteiger partial charge < -0.3 is 18.9 Å². The first-order chi connectivity index (χ1) is 14.1. The summed E-state index contributed by atoms with van der Waals surface area (Å²) in [4.78, 5) is 37.3. The smallest absolute Gasteiger partial charge is 0.340 e. The maximum absolute atomic E-state index is 12.7. The Morgan fingerprint density at radius 2 is 1.80 bits per heavy atom. The Balaban J connectivity index is 1.98. The summed E-state index contributed by atoms with van der Waals surface area (Å²) in [6, 6.07) is 1.16. The van der Waals surface area contributed by atoms with Crippen LogP contribution in [0.25, 0.3) is 21.9 Å². The van der Waals surface area contributed by atoms with Crippen LogP contribution in [0.4, 0.5) is 0 Å². The van der Waals surface area contributed by atoms with Gasteiger partial charge >= 0.3 is 11.6 Å². The standard InChI is InChI=1S/C23H27NO6/c1-11(2)7-18(23(27)28-6)24-19(25)9-17-13(4)16-8-15-12(3)10-29-20(15)14(5)21(16)30-22(17)26/h8,10-11,18H,7,9H2,1-6H3,(H,24,25)/t18-/m1/s1. The molecule has 7 heteroatoms. The Labute approximate surface area is 174 Å².